The molecule has 0 radical (unpaired) electrons. The number of hydrogen-bond acceptors (Lipinski definition) is 6. The topological polar surface area (TPSA) is 78.4 Å². The molecule has 1 amide bonds. The summed E-state index contributed by atoms with van der Waals surface area (Å²) in [4.78, 5) is 12.0. The number of nitrogens with zero attached hydrogens (tertiary/aromatic N) is 1. The van der Waals surface area contributed by atoms with Crippen molar-refractivity contribution in [3.63, 3.8) is 0 Å². The molecule has 0 spiro atoms. The molecule has 1 aliphatic heterocycles. The van der Waals surface area contributed by atoms with Crippen LogP contribution >= 0.6 is 15.9 Å². The Morgan fingerprint density at radius 3 is 2.81 bits per heavy atom. The van der Waals surface area contributed by atoms with Crippen LogP contribution in [0.5, 0.6) is 23.0 Å². The molecule has 0 saturated heterocycles. The van der Waals surface area contributed by atoms with Gasteiger partial charge < -0.3 is 18.9 Å². The second-order valence-electron chi connectivity index (χ2n) is 5.40. The Morgan fingerprint density at radius 2 is 2.04 bits per heavy atom. The van der Waals surface area contributed by atoms with Crippen molar-refractivity contribution in [1.82, 2.24) is 5.43 Å². The Bertz CT molecular complexity index is 854. The predicted octanol–water partition coefficient (Wildman–Crippen LogP) is 2.89. The Hall–Kier alpha value is -2.74. The molecule has 26 heavy (non-hydrogen) atoms. The van der Waals surface area contributed by atoms with Gasteiger partial charge in [-0.15, -0.1) is 0 Å². The highest BCUT2D eigenvalue weighted by Crippen LogP contribution is 2.36. The van der Waals surface area contributed by atoms with Gasteiger partial charge in [-0.05, 0) is 51.3 Å². The highest BCUT2D eigenvalue weighted by molar-refractivity contribution is 9.10. The largest absolute Gasteiger partial charge is 0.493 e. The second kappa shape index (κ2) is 8.09. The first-order chi connectivity index (χ1) is 12.6. The van der Waals surface area contributed by atoms with Crippen molar-refractivity contribution in [2.45, 2.75) is 6.42 Å². The van der Waals surface area contributed by atoms with Crippen LogP contribution in [-0.2, 0) is 11.2 Å². The van der Waals surface area contributed by atoms with Crippen LogP contribution in [0, 0.1) is 0 Å². The Kier molecular flexibility index (Phi) is 5.62. The molecule has 1 aliphatic rings. The minimum Gasteiger partial charge on any atom is -0.493 e. The molecule has 0 fully saturated rings. The van der Waals surface area contributed by atoms with Crippen LogP contribution < -0.4 is 24.4 Å². The summed E-state index contributed by atoms with van der Waals surface area (Å²) in [7, 11) is 3.12. The molecule has 1 N–H and O–H groups in total. The molecule has 3 rings (SSSR count). The molecule has 0 saturated carbocycles. The Balaban J connectivity index is 1.61. The highest BCUT2D eigenvalue weighted by Gasteiger charge is 2.14. The summed E-state index contributed by atoms with van der Waals surface area (Å²) in [6, 6.07) is 8.97. The molecule has 2 aromatic rings. The smallest absolute Gasteiger partial charge is 0.244 e. The Labute approximate surface area is 159 Å². The van der Waals surface area contributed by atoms with Crippen molar-refractivity contribution in [1.29, 1.82) is 0 Å². The van der Waals surface area contributed by atoms with Gasteiger partial charge in [-0.2, -0.15) is 5.10 Å². The average molecular weight is 421 g/mol. The minimum absolute atomic E-state index is 0.184. The molecule has 0 bridgehead atoms. The van der Waals surface area contributed by atoms with E-state index >= 15 is 0 Å². The van der Waals surface area contributed by atoms with Gasteiger partial charge in [0.25, 0.3) is 0 Å². The van der Waals surface area contributed by atoms with Crippen molar-refractivity contribution in [2.75, 3.05) is 21.0 Å². The molecule has 0 unspecified atom stereocenters. The first kappa shape index (κ1) is 18.1. The van der Waals surface area contributed by atoms with Crippen LogP contribution in [0.15, 0.2) is 39.9 Å². The molecule has 2 aromatic carbocycles. The number of halogens is 1. The number of methoxy groups -OCH3 is 2. The molecule has 0 aliphatic carbocycles. The SMILES string of the molecule is COc1cc(/C=N\NC(=O)Cc2ccc3c(c2)OCO3)cc(Br)c1OC. The van der Waals surface area contributed by atoms with Gasteiger partial charge >= 0.3 is 0 Å². The second-order valence-corrected chi connectivity index (χ2v) is 6.25. The molecular weight excluding hydrogens is 404 g/mol. The number of carbonyl (C=O) groups is 1. The normalized spacial score (nSPS) is 12.3. The number of carbonyl (C=O) groups excluding carboxylic acids is 1. The lowest BCUT2D eigenvalue weighted by Gasteiger charge is -2.10. The third-order valence-electron chi connectivity index (χ3n) is 3.66. The van der Waals surface area contributed by atoms with Gasteiger partial charge in [0.15, 0.2) is 23.0 Å². The van der Waals surface area contributed by atoms with Crippen LogP contribution in [0.25, 0.3) is 0 Å². The average Bonchev–Trinajstić information content (AvgIpc) is 3.09. The molecule has 136 valence electrons. The molecular formula is C18H17BrN2O5. The number of ether oxygens (including phenoxy) is 4. The number of nitrogens with one attached hydrogen (secondary N) is 1. The third kappa shape index (κ3) is 4.08. The number of amides is 1. The van der Waals surface area contributed by atoms with Gasteiger partial charge in [-0.25, -0.2) is 5.43 Å². The van der Waals surface area contributed by atoms with Gasteiger partial charge in [0, 0.05) is 0 Å². The van der Waals surface area contributed by atoms with Crippen molar-refractivity contribution >= 4 is 28.1 Å². The monoisotopic (exact) mass is 420 g/mol. The zero-order valence-corrected chi connectivity index (χ0v) is 15.8. The summed E-state index contributed by atoms with van der Waals surface area (Å²) in [6.45, 7) is 0.205. The van der Waals surface area contributed by atoms with E-state index in [2.05, 4.69) is 26.5 Å². The van der Waals surface area contributed by atoms with E-state index in [0.717, 1.165) is 15.6 Å². The van der Waals surface area contributed by atoms with Crippen molar-refractivity contribution in [2.24, 2.45) is 5.10 Å². The van der Waals surface area contributed by atoms with Crippen LogP contribution in [0.2, 0.25) is 0 Å². The Morgan fingerprint density at radius 1 is 1.23 bits per heavy atom. The summed E-state index contributed by atoms with van der Waals surface area (Å²) in [5.41, 5.74) is 4.07. The van der Waals surface area contributed by atoms with Crippen molar-refractivity contribution in [3.8, 4) is 23.0 Å². The van der Waals surface area contributed by atoms with Gasteiger partial charge in [0.2, 0.25) is 12.7 Å². The maximum absolute atomic E-state index is 12.0. The summed E-state index contributed by atoms with van der Waals surface area (Å²) in [6.07, 6.45) is 1.72. The van der Waals surface area contributed by atoms with Gasteiger partial charge in [0.05, 0.1) is 31.3 Å². The first-order valence-electron chi connectivity index (χ1n) is 7.72. The van der Waals surface area contributed by atoms with E-state index in [1.165, 1.54) is 6.21 Å². The van der Waals surface area contributed by atoms with Gasteiger partial charge in [0.1, 0.15) is 0 Å². The number of benzene rings is 2. The van der Waals surface area contributed by atoms with E-state index in [4.69, 9.17) is 18.9 Å². The van der Waals surface area contributed by atoms with Gasteiger partial charge in [-0.1, -0.05) is 6.07 Å². The summed E-state index contributed by atoms with van der Waals surface area (Å²) in [5.74, 6) is 2.26. The number of fused-ring (bicyclic) bond motifs is 1. The lowest BCUT2D eigenvalue weighted by atomic mass is 10.1. The van der Waals surface area contributed by atoms with E-state index < -0.39 is 0 Å². The van der Waals surface area contributed by atoms with E-state index in [1.54, 1.807) is 32.4 Å². The maximum Gasteiger partial charge on any atom is 0.244 e. The summed E-state index contributed by atoms with van der Waals surface area (Å²) < 4.78 is 21.8. The zero-order chi connectivity index (χ0) is 18.5. The van der Waals surface area contributed by atoms with Crippen LogP contribution in [0.4, 0.5) is 0 Å². The van der Waals surface area contributed by atoms with Gasteiger partial charge in [-0.3, -0.25) is 4.79 Å². The highest BCUT2D eigenvalue weighted by atomic mass is 79.9. The number of hydrogen-bond donors (Lipinski definition) is 1. The maximum atomic E-state index is 12.0. The fraction of sp³-hybridized carbons (Fsp3) is 0.222. The van der Waals surface area contributed by atoms with E-state index in [1.807, 2.05) is 12.1 Å². The summed E-state index contributed by atoms with van der Waals surface area (Å²) in [5, 5.41) is 3.98. The fourth-order valence-electron chi connectivity index (χ4n) is 2.47. The number of hydrazone groups is 1. The van der Waals surface area contributed by atoms with Crippen LogP contribution in [0.3, 0.4) is 0 Å². The van der Waals surface area contributed by atoms with E-state index in [9.17, 15) is 4.79 Å². The third-order valence-corrected chi connectivity index (χ3v) is 4.25. The molecule has 0 aromatic heterocycles. The van der Waals surface area contributed by atoms with Crippen molar-refractivity contribution in [3.05, 3.63) is 45.9 Å². The molecule has 0 atom stereocenters. The lowest BCUT2D eigenvalue weighted by Crippen LogP contribution is -2.19. The minimum atomic E-state index is -0.236. The zero-order valence-electron chi connectivity index (χ0n) is 14.2. The van der Waals surface area contributed by atoms with E-state index in [0.29, 0.717) is 23.0 Å². The summed E-state index contributed by atoms with van der Waals surface area (Å²) >= 11 is 3.41. The lowest BCUT2D eigenvalue weighted by molar-refractivity contribution is -0.120. The first-order valence-corrected chi connectivity index (χ1v) is 8.52. The molecule has 7 nitrogen and oxygen atoms in total. The predicted molar refractivity (Wildman–Crippen MR) is 99.3 cm³/mol. The quantitative estimate of drug-likeness (QED) is 0.574. The molecule has 8 heteroatoms. The van der Waals surface area contributed by atoms with Crippen LogP contribution in [-0.4, -0.2) is 33.1 Å². The van der Waals surface area contributed by atoms with Crippen molar-refractivity contribution < 1.29 is 23.7 Å². The fourth-order valence-corrected chi connectivity index (χ4v) is 3.09. The van der Waals surface area contributed by atoms with Crippen LogP contribution in [0.1, 0.15) is 11.1 Å². The number of rotatable bonds is 6. The molecule has 1 heterocycles. The van der Waals surface area contributed by atoms with E-state index in [-0.39, 0.29) is 19.1 Å². The standard InChI is InChI=1S/C18H17BrN2O5/c1-23-16-7-12(5-13(19)18(16)24-2)9-20-21-17(22)8-11-3-4-14-15(6-11)26-10-25-14/h3-7,9H,8,10H2,1-2H3,(H,21,22)/b20-9-.